The summed E-state index contributed by atoms with van der Waals surface area (Å²) in [6.07, 6.45) is -6.14. The number of piperidine rings is 1. The first-order valence-corrected chi connectivity index (χ1v) is 12.1. The van der Waals surface area contributed by atoms with Crippen LogP contribution in [-0.2, 0) is 12.6 Å². The van der Waals surface area contributed by atoms with E-state index in [1.165, 1.54) is 15.6 Å². The molecule has 2 N–H and O–H groups in total. The quantitative estimate of drug-likeness (QED) is 0.325. The van der Waals surface area contributed by atoms with Crippen molar-refractivity contribution in [2.75, 3.05) is 19.6 Å². The number of nitrogens with one attached hydrogen (secondary N) is 2. The minimum absolute atomic E-state index is 0.113. The third kappa shape index (κ3) is 5.62. The number of H-pyrrole nitrogens is 2. The number of alkyl halides is 6. The van der Waals surface area contributed by atoms with Crippen LogP contribution in [-0.4, -0.2) is 55.4 Å². The molecule has 0 unspecified atom stereocenters. The van der Waals surface area contributed by atoms with Crippen LogP contribution >= 0.6 is 0 Å². The molecule has 38 heavy (non-hydrogen) atoms. The van der Waals surface area contributed by atoms with Crippen LogP contribution in [0.5, 0.6) is 0 Å². The largest absolute Gasteiger partial charge is 0.417 e. The summed E-state index contributed by atoms with van der Waals surface area (Å²) in [7, 11) is 0. The average molecular weight is 538 g/mol. The molecule has 0 atom stereocenters. The molecule has 1 saturated heterocycles. The lowest BCUT2D eigenvalue weighted by Gasteiger charge is -2.32. The van der Waals surface area contributed by atoms with E-state index in [1.807, 2.05) is 6.07 Å². The van der Waals surface area contributed by atoms with Crippen molar-refractivity contribution in [3.63, 3.8) is 0 Å². The molecule has 1 aliphatic rings. The molecular formula is C25H24F6N6O. The zero-order valence-corrected chi connectivity index (χ0v) is 20.0. The summed E-state index contributed by atoms with van der Waals surface area (Å²) in [5, 5.41) is 2.96. The van der Waals surface area contributed by atoms with Crippen molar-refractivity contribution in [3.8, 4) is 17.3 Å². The summed E-state index contributed by atoms with van der Waals surface area (Å²) in [5.74, 6) is 0.331. The first-order valence-electron chi connectivity index (χ1n) is 12.1. The van der Waals surface area contributed by atoms with E-state index in [2.05, 4.69) is 20.1 Å². The average Bonchev–Trinajstić information content (AvgIpc) is 3.43. The molecule has 0 bridgehead atoms. The summed E-state index contributed by atoms with van der Waals surface area (Å²) in [6.45, 7) is -0.314. The molecule has 5 rings (SSSR count). The van der Waals surface area contributed by atoms with E-state index in [4.69, 9.17) is 0 Å². The van der Waals surface area contributed by atoms with E-state index in [0.29, 0.717) is 55.1 Å². The Hall–Kier alpha value is -3.61. The van der Waals surface area contributed by atoms with Gasteiger partial charge in [0.05, 0.1) is 34.5 Å². The van der Waals surface area contributed by atoms with Crippen molar-refractivity contribution in [1.82, 2.24) is 29.6 Å². The fourth-order valence-electron chi connectivity index (χ4n) is 4.85. The molecule has 0 amide bonds. The highest BCUT2D eigenvalue weighted by Gasteiger charge is 2.33. The van der Waals surface area contributed by atoms with Gasteiger partial charge < -0.3 is 4.98 Å². The van der Waals surface area contributed by atoms with Crippen LogP contribution in [0.25, 0.3) is 28.4 Å². The zero-order chi connectivity index (χ0) is 27.1. The minimum atomic E-state index is -4.55. The van der Waals surface area contributed by atoms with Crippen LogP contribution in [0.4, 0.5) is 26.3 Å². The van der Waals surface area contributed by atoms with Gasteiger partial charge in [0.25, 0.3) is 5.56 Å². The monoisotopic (exact) mass is 538 g/mol. The topological polar surface area (TPSA) is 82.6 Å². The number of fused-ring (bicyclic) bond motifs is 1. The molecule has 0 aliphatic carbocycles. The number of likely N-dealkylation sites (tertiary alicyclic amines) is 1. The van der Waals surface area contributed by atoms with Gasteiger partial charge in [-0.2, -0.15) is 31.0 Å². The zero-order valence-electron chi connectivity index (χ0n) is 20.0. The van der Waals surface area contributed by atoms with Gasteiger partial charge in [-0.1, -0.05) is 12.1 Å². The number of aromatic amines is 2. The van der Waals surface area contributed by atoms with Gasteiger partial charge in [0.15, 0.2) is 0 Å². The van der Waals surface area contributed by atoms with Crippen molar-refractivity contribution >= 4 is 11.0 Å². The summed E-state index contributed by atoms with van der Waals surface area (Å²) < 4.78 is 78.5. The number of pyridine rings is 1. The van der Waals surface area contributed by atoms with E-state index in [-0.39, 0.29) is 29.7 Å². The lowest BCUT2D eigenvalue weighted by Crippen LogP contribution is -2.40. The first kappa shape index (κ1) is 26.0. The number of benzene rings is 1. The fourth-order valence-corrected chi connectivity index (χ4v) is 4.85. The van der Waals surface area contributed by atoms with Gasteiger partial charge in [-0.3, -0.25) is 19.8 Å². The van der Waals surface area contributed by atoms with Crippen molar-refractivity contribution < 1.29 is 26.3 Å². The second kappa shape index (κ2) is 9.93. The Kier molecular flexibility index (Phi) is 6.80. The molecule has 4 heterocycles. The molecule has 7 nitrogen and oxygen atoms in total. The van der Waals surface area contributed by atoms with Crippen molar-refractivity contribution in [2.24, 2.45) is 5.92 Å². The highest BCUT2D eigenvalue weighted by atomic mass is 19.4. The maximum absolute atomic E-state index is 13.5. The molecule has 3 aromatic heterocycles. The number of halogens is 6. The maximum atomic E-state index is 13.5. The second-order valence-corrected chi connectivity index (χ2v) is 9.49. The molecule has 1 aromatic carbocycles. The second-order valence-electron chi connectivity index (χ2n) is 9.49. The van der Waals surface area contributed by atoms with Crippen molar-refractivity contribution in [1.29, 1.82) is 0 Å². The number of imidazole rings is 1. The van der Waals surface area contributed by atoms with Gasteiger partial charge in [0, 0.05) is 11.8 Å². The highest BCUT2D eigenvalue weighted by molar-refractivity contribution is 5.76. The van der Waals surface area contributed by atoms with Gasteiger partial charge in [-0.25, -0.2) is 4.98 Å². The van der Waals surface area contributed by atoms with Gasteiger partial charge in [-0.05, 0) is 69.0 Å². The molecule has 4 aromatic rings. The van der Waals surface area contributed by atoms with E-state index in [9.17, 15) is 31.1 Å². The fraction of sp³-hybridized carbons (Fsp3) is 0.400. The summed E-state index contributed by atoms with van der Waals surface area (Å²) in [4.78, 5) is 26.3. The predicted octanol–water partition coefficient (Wildman–Crippen LogP) is 5.33. The highest BCUT2D eigenvalue weighted by Crippen LogP contribution is 2.31. The molecule has 1 fully saturated rings. The van der Waals surface area contributed by atoms with Gasteiger partial charge in [-0.15, -0.1) is 0 Å². The number of rotatable bonds is 6. The Morgan fingerprint density at radius 2 is 1.74 bits per heavy atom. The first-order chi connectivity index (χ1) is 18.0. The smallest absolute Gasteiger partial charge is 0.322 e. The number of hydrogen-bond donors (Lipinski definition) is 2. The lowest BCUT2D eigenvalue weighted by molar-refractivity contribution is -0.148. The van der Waals surface area contributed by atoms with Crippen LogP contribution < -0.4 is 5.56 Å². The molecule has 13 heteroatoms. The molecule has 0 radical (unpaired) electrons. The van der Waals surface area contributed by atoms with Crippen LogP contribution in [0.2, 0.25) is 0 Å². The Bertz CT molecular complexity index is 1430. The predicted molar refractivity (Wildman–Crippen MR) is 128 cm³/mol. The minimum Gasteiger partial charge on any atom is -0.322 e. The number of para-hydroxylation sites is 2. The summed E-state index contributed by atoms with van der Waals surface area (Å²) >= 11 is 0. The van der Waals surface area contributed by atoms with E-state index in [1.54, 1.807) is 18.2 Å². The third-order valence-electron chi connectivity index (χ3n) is 6.83. The standard InChI is InChI=1S/C25H24F6N6O/c26-24(27,28)14-36-11-9-15(10-12-36)5-7-17-21(20-8-6-16(13-32-20)25(29,30)31)35-37(22(17)38)23-33-18-3-1-2-4-19(18)34-23/h1-4,6,8,13,15,35H,5,7,9-12,14H2,(H,33,34). The van der Waals surface area contributed by atoms with Crippen molar-refractivity contribution in [3.05, 3.63) is 64.1 Å². The summed E-state index contributed by atoms with van der Waals surface area (Å²) in [5.41, 5.74) is 0.771. The van der Waals surface area contributed by atoms with Crippen LogP contribution in [0.1, 0.15) is 30.4 Å². The number of hydrogen-bond acceptors (Lipinski definition) is 4. The third-order valence-corrected chi connectivity index (χ3v) is 6.83. The molecule has 202 valence electrons. The van der Waals surface area contributed by atoms with Crippen LogP contribution in [0.3, 0.4) is 0 Å². The van der Waals surface area contributed by atoms with Gasteiger partial charge in [0.1, 0.15) is 0 Å². The maximum Gasteiger partial charge on any atom is 0.417 e. The molecule has 0 spiro atoms. The Labute approximate surface area is 212 Å². The Morgan fingerprint density at radius 1 is 1.00 bits per heavy atom. The van der Waals surface area contributed by atoms with Gasteiger partial charge >= 0.3 is 12.4 Å². The van der Waals surface area contributed by atoms with E-state index >= 15 is 0 Å². The van der Waals surface area contributed by atoms with E-state index < -0.39 is 30.0 Å². The number of nitrogens with zero attached hydrogens (tertiary/aromatic N) is 4. The molecule has 1 aliphatic heterocycles. The SMILES string of the molecule is O=c1c(CCC2CCN(CC(F)(F)F)CC2)c(-c2ccc(C(F)(F)F)cn2)[nH]n1-c1nc2ccccc2[nH]1. The normalized spacial score (nSPS) is 15.9. The van der Waals surface area contributed by atoms with Crippen molar-refractivity contribution in [2.45, 2.75) is 38.0 Å². The lowest BCUT2D eigenvalue weighted by atomic mass is 9.90. The van der Waals surface area contributed by atoms with E-state index in [0.717, 1.165) is 6.07 Å². The van der Waals surface area contributed by atoms with Gasteiger partial charge in [0.2, 0.25) is 5.95 Å². The summed E-state index contributed by atoms with van der Waals surface area (Å²) in [6, 6.07) is 9.28. The molecular weight excluding hydrogens is 514 g/mol. The van der Waals surface area contributed by atoms with Crippen LogP contribution in [0.15, 0.2) is 47.4 Å². The number of aromatic nitrogens is 5. The Morgan fingerprint density at radius 3 is 2.37 bits per heavy atom. The molecule has 0 saturated carbocycles. The Balaban J connectivity index is 1.42. The van der Waals surface area contributed by atoms with Crippen LogP contribution in [0, 0.1) is 5.92 Å².